The van der Waals surface area contributed by atoms with Crippen molar-refractivity contribution in [1.29, 1.82) is 0 Å². The largest absolute Gasteiger partial charge is 0.489 e. The molecule has 0 unspecified atom stereocenters. The van der Waals surface area contributed by atoms with Gasteiger partial charge in [-0.1, -0.05) is 73.7 Å². The Hall–Kier alpha value is -2.92. The highest BCUT2D eigenvalue weighted by Gasteiger charge is 2.32. The van der Waals surface area contributed by atoms with E-state index in [-0.39, 0.29) is 11.4 Å². The van der Waals surface area contributed by atoms with Crippen LogP contribution in [0.1, 0.15) is 29.0 Å². The summed E-state index contributed by atoms with van der Waals surface area (Å²) in [6.45, 7) is 3.31. The number of rotatable bonds is 6. The number of nitrogens with one attached hydrogen (secondary N) is 1. The number of nitrogens with zero attached hydrogens (tertiary/aromatic N) is 1. The molecule has 0 spiro atoms. The van der Waals surface area contributed by atoms with Crippen LogP contribution in [0.2, 0.25) is 0 Å². The summed E-state index contributed by atoms with van der Waals surface area (Å²) in [6, 6.07) is 26.1. The summed E-state index contributed by atoms with van der Waals surface area (Å²) in [5.41, 5.74) is 4.18. The van der Waals surface area contributed by atoms with Crippen LogP contribution in [0.4, 0.5) is 10.5 Å². The minimum Gasteiger partial charge on any atom is -0.489 e. The summed E-state index contributed by atoms with van der Waals surface area (Å²) >= 11 is 1.77. The Labute approximate surface area is 182 Å². The fourth-order valence-electron chi connectivity index (χ4n) is 3.62. The lowest BCUT2D eigenvalue weighted by atomic mass is 10.1. The van der Waals surface area contributed by atoms with Crippen LogP contribution in [0, 0.1) is 0 Å². The molecule has 2 amide bonds. The van der Waals surface area contributed by atoms with Crippen molar-refractivity contribution in [3.63, 3.8) is 0 Å². The standard InChI is InChI=1S/C25H26N2O2S/c1-2-20-12-6-8-14-22(20)26-25(28)27-16-17-30-24(27)21-13-7-9-15-23(21)29-18-19-10-4-3-5-11-19/h3-15,24H,2,16-18H2,1H3,(H,26,28)/t24-/m1/s1. The van der Waals surface area contributed by atoms with Gasteiger partial charge in [0.1, 0.15) is 17.7 Å². The molecule has 1 heterocycles. The Morgan fingerprint density at radius 3 is 2.60 bits per heavy atom. The maximum absolute atomic E-state index is 13.1. The second-order valence-electron chi connectivity index (χ2n) is 7.17. The van der Waals surface area contributed by atoms with Crippen molar-refractivity contribution in [3.05, 3.63) is 95.6 Å². The highest BCUT2D eigenvalue weighted by Crippen LogP contribution is 2.42. The number of hydrogen-bond donors (Lipinski definition) is 1. The number of anilines is 1. The quantitative estimate of drug-likeness (QED) is 0.525. The molecule has 0 aliphatic carbocycles. The molecule has 3 aromatic carbocycles. The Morgan fingerprint density at radius 1 is 1.03 bits per heavy atom. The van der Waals surface area contributed by atoms with E-state index < -0.39 is 0 Å². The fourth-order valence-corrected chi connectivity index (χ4v) is 4.91. The summed E-state index contributed by atoms with van der Waals surface area (Å²) in [5.74, 6) is 1.73. The molecule has 1 saturated heterocycles. The minimum atomic E-state index is -0.0660. The molecule has 1 aliphatic rings. The first-order valence-electron chi connectivity index (χ1n) is 10.3. The zero-order valence-electron chi connectivity index (χ0n) is 17.1. The van der Waals surface area contributed by atoms with Crippen LogP contribution in [0.25, 0.3) is 0 Å². The zero-order valence-corrected chi connectivity index (χ0v) is 17.9. The maximum atomic E-state index is 13.1. The second-order valence-corrected chi connectivity index (χ2v) is 8.36. The monoisotopic (exact) mass is 418 g/mol. The average molecular weight is 419 g/mol. The molecule has 1 atom stereocenters. The molecule has 0 aromatic heterocycles. The summed E-state index contributed by atoms with van der Waals surface area (Å²) in [6.07, 6.45) is 0.880. The number of benzene rings is 3. The van der Waals surface area contributed by atoms with Crippen molar-refractivity contribution in [2.24, 2.45) is 0 Å². The van der Waals surface area contributed by atoms with Crippen LogP contribution < -0.4 is 10.1 Å². The van der Waals surface area contributed by atoms with E-state index in [1.807, 2.05) is 59.5 Å². The van der Waals surface area contributed by atoms with Crippen molar-refractivity contribution >= 4 is 23.5 Å². The van der Waals surface area contributed by atoms with Gasteiger partial charge in [-0.3, -0.25) is 0 Å². The fraction of sp³-hybridized carbons (Fsp3) is 0.240. The normalized spacial score (nSPS) is 15.8. The van der Waals surface area contributed by atoms with E-state index in [0.29, 0.717) is 13.2 Å². The Kier molecular flexibility index (Phi) is 6.60. The SMILES string of the molecule is CCc1ccccc1NC(=O)N1CCS[C@@H]1c1ccccc1OCc1ccccc1. The number of hydrogen-bond acceptors (Lipinski definition) is 3. The van der Waals surface area contributed by atoms with E-state index in [9.17, 15) is 4.79 Å². The molecule has 0 saturated carbocycles. The number of para-hydroxylation sites is 2. The first-order valence-corrected chi connectivity index (χ1v) is 11.3. The highest BCUT2D eigenvalue weighted by molar-refractivity contribution is 7.99. The summed E-state index contributed by atoms with van der Waals surface area (Å²) < 4.78 is 6.15. The van der Waals surface area contributed by atoms with Gasteiger partial charge in [-0.2, -0.15) is 0 Å². The van der Waals surface area contributed by atoms with Gasteiger partial charge in [0.25, 0.3) is 0 Å². The van der Waals surface area contributed by atoms with Crippen molar-refractivity contribution in [2.45, 2.75) is 25.3 Å². The van der Waals surface area contributed by atoms with Crippen molar-refractivity contribution in [3.8, 4) is 5.75 Å². The van der Waals surface area contributed by atoms with Crippen molar-refractivity contribution in [2.75, 3.05) is 17.6 Å². The van der Waals surface area contributed by atoms with Gasteiger partial charge in [0, 0.05) is 23.5 Å². The van der Waals surface area contributed by atoms with E-state index in [4.69, 9.17) is 4.74 Å². The van der Waals surface area contributed by atoms with Crippen LogP contribution in [0.3, 0.4) is 0 Å². The van der Waals surface area contributed by atoms with Gasteiger partial charge in [0.2, 0.25) is 0 Å². The van der Waals surface area contributed by atoms with Gasteiger partial charge in [0.15, 0.2) is 0 Å². The summed E-state index contributed by atoms with van der Waals surface area (Å²) in [5, 5.41) is 3.05. The third kappa shape index (κ3) is 4.62. The first-order chi connectivity index (χ1) is 14.8. The number of thioether (sulfide) groups is 1. The van der Waals surface area contributed by atoms with Crippen LogP contribution in [0.15, 0.2) is 78.9 Å². The average Bonchev–Trinajstić information content (AvgIpc) is 3.29. The van der Waals surface area contributed by atoms with Crippen molar-refractivity contribution in [1.82, 2.24) is 4.90 Å². The highest BCUT2D eigenvalue weighted by atomic mass is 32.2. The molecule has 1 fully saturated rings. The number of carbonyl (C=O) groups excluding carboxylic acids is 1. The molecule has 1 N–H and O–H groups in total. The van der Waals surface area contributed by atoms with Gasteiger partial charge in [-0.25, -0.2) is 4.79 Å². The smallest absolute Gasteiger partial charge is 0.323 e. The van der Waals surface area contributed by atoms with E-state index in [1.54, 1.807) is 11.8 Å². The third-order valence-corrected chi connectivity index (χ3v) is 6.46. The molecule has 3 aromatic rings. The predicted molar refractivity (Wildman–Crippen MR) is 124 cm³/mol. The van der Waals surface area contributed by atoms with Crippen LogP contribution >= 0.6 is 11.8 Å². The van der Waals surface area contributed by atoms with E-state index in [1.165, 1.54) is 0 Å². The maximum Gasteiger partial charge on any atom is 0.323 e. The minimum absolute atomic E-state index is 0.0641. The molecule has 0 radical (unpaired) electrons. The number of ether oxygens (including phenoxy) is 1. The van der Waals surface area contributed by atoms with Gasteiger partial charge in [-0.15, -0.1) is 11.8 Å². The zero-order chi connectivity index (χ0) is 20.8. The first kappa shape index (κ1) is 20.4. The second kappa shape index (κ2) is 9.72. The van der Waals surface area contributed by atoms with E-state index in [0.717, 1.165) is 40.3 Å². The van der Waals surface area contributed by atoms with Crippen LogP contribution in [-0.2, 0) is 13.0 Å². The molecule has 4 rings (SSSR count). The molecule has 30 heavy (non-hydrogen) atoms. The molecular weight excluding hydrogens is 392 g/mol. The van der Waals surface area contributed by atoms with Crippen LogP contribution in [-0.4, -0.2) is 23.2 Å². The molecule has 5 heteroatoms. The predicted octanol–water partition coefficient (Wildman–Crippen LogP) is 6.11. The lowest BCUT2D eigenvalue weighted by molar-refractivity contribution is 0.213. The molecule has 154 valence electrons. The van der Waals surface area contributed by atoms with Crippen molar-refractivity contribution < 1.29 is 9.53 Å². The lowest BCUT2D eigenvalue weighted by Gasteiger charge is -2.26. The van der Waals surface area contributed by atoms with Gasteiger partial charge in [0.05, 0.1) is 0 Å². The Bertz CT molecular complexity index is 993. The molecular formula is C25H26N2O2S. The van der Waals surface area contributed by atoms with E-state index in [2.05, 4.69) is 36.5 Å². The number of carbonyl (C=O) groups is 1. The molecule has 0 bridgehead atoms. The Morgan fingerprint density at radius 2 is 1.77 bits per heavy atom. The topological polar surface area (TPSA) is 41.6 Å². The molecule has 1 aliphatic heterocycles. The van der Waals surface area contributed by atoms with Gasteiger partial charge >= 0.3 is 6.03 Å². The number of amides is 2. The summed E-state index contributed by atoms with van der Waals surface area (Å²) in [4.78, 5) is 15.0. The van der Waals surface area contributed by atoms with Gasteiger partial charge in [-0.05, 0) is 29.7 Å². The number of aryl methyl sites for hydroxylation is 1. The Balaban J connectivity index is 1.51. The molecule has 4 nitrogen and oxygen atoms in total. The van der Waals surface area contributed by atoms with Crippen LogP contribution in [0.5, 0.6) is 5.75 Å². The third-order valence-electron chi connectivity index (χ3n) is 5.21. The number of urea groups is 1. The van der Waals surface area contributed by atoms with Gasteiger partial charge < -0.3 is 15.0 Å². The summed E-state index contributed by atoms with van der Waals surface area (Å²) in [7, 11) is 0. The van der Waals surface area contributed by atoms with E-state index >= 15 is 0 Å². The lowest BCUT2D eigenvalue weighted by Crippen LogP contribution is -2.34.